The second-order valence-corrected chi connectivity index (χ2v) is 7.37. The number of benzene rings is 1. The molecule has 2 aromatic rings. The molecule has 1 atom stereocenters. The largest absolute Gasteiger partial charge is 0.376 e. The van der Waals surface area contributed by atoms with Gasteiger partial charge >= 0.3 is 0 Å². The summed E-state index contributed by atoms with van der Waals surface area (Å²) in [6.07, 6.45) is 4.00. The van der Waals surface area contributed by atoms with Crippen LogP contribution in [0.2, 0.25) is 0 Å². The Balaban J connectivity index is 1.37. The van der Waals surface area contributed by atoms with Crippen molar-refractivity contribution in [3.63, 3.8) is 0 Å². The van der Waals surface area contributed by atoms with Crippen LogP contribution in [0.25, 0.3) is 0 Å². The van der Waals surface area contributed by atoms with Crippen LogP contribution in [0, 0.1) is 5.92 Å². The van der Waals surface area contributed by atoms with E-state index in [1.165, 1.54) is 35.3 Å². The van der Waals surface area contributed by atoms with Crippen LogP contribution < -0.4 is 5.32 Å². The summed E-state index contributed by atoms with van der Waals surface area (Å²) >= 11 is 1.49. The number of hydrogen-bond donors (Lipinski definition) is 1. The molecule has 4 rings (SSSR count). The summed E-state index contributed by atoms with van der Waals surface area (Å²) < 4.78 is 5.61. The predicted octanol–water partition coefficient (Wildman–Crippen LogP) is 3.13. The Morgan fingerprint density at radius 2 is 2.17 bits per heavy atom. The fraction of sp³-hybridized carbons (Fsp3) is 0.471. The molecule has 1 saturated carbocycles. The first-order chi connectivity index (χ1) is 11.3. The molecule has 0 spiro atoms. The van der Waals surface area contributed by atoms with Gasteiger partial charge in [0.2, 0.25) is 11.0 Å². The number of rotatable bonds is 5. The number of carbonyl (C=O) groups is 1. The minimum Gasteiger partial charge on any atom is -0.376 e. The van der Waals surface area contributed by atoms with Crippen molar-refractivity contribution in [2.75, 3.05) is 11.9 Å². The Bertz CT molecular complexity index is 711. The van der Waals surface area contributed by atoms with Crippen LogP contribution in [0.4, 0.5) is 5.13 Å². The van der Waals surface area contributed by atoms with Crippen molar-refractivity contribution in [3.8, 4) is 0 Å². The van der Waals surface area contributed by atoms with Crippen LogP contribution >= 0.6 is 11.3 Å². The van der Waals surface area contributed by atoms with Gasteiger partial charge in [0.1, 0.15) is 5.01 Å². The van der Waals surface area contributed by atoms with Crippen molar-refractivity contribution in [2.45, 2.75) is 38.2 Å². The van der Waals surface area contributed by atoms with Gasteiger partial charge in [-0.15, -0.1) is 10.2 Å². The highest BCUT2D eigenvalue weighted by Gasteiger charge is 2.25. The average Bonchev–Trinajstić information content (AvgIpc) is 3.26. The van der Waals surface area contributed by atoms with Crippen LogP contribution in [-0.2, 0) is 22.6 Å². The number of fused-ring (bicyclic) bond motifs is 1. The standard InChI is InChI=1S/C17H19N3O2S/c21-15(18-17-20-19-16(23-17)7-11-5-6-11)8-13-10-22-9-12-3-1-2-4-14(12)13/h1-4,11,13H,5-10H2,(H,18,20,21). The lowest BCUT2D eigenvalue weighted by Crippen LogP contribution is -2.22. The molecule has 2 aliphatic rings. The van der Waals surface area contributed by atoms with E-state index in [1.807, 2.05) is 12.1 Å². The van der Waals surface area contributed by atoms with Gasteiger partial charge in [-0.2, -0.15) is 0 Å². The molecule has 1 fully saturated rings. The predicted molar refractivity (Wildman–Crippen MR) is 88.4 cm³/mol. The third-order valence-corrected chi connectivity index (χ3v) is 5.24. The Morgan fingerprint density at radius 3 is 3.04 bits per heavy atom. The second kappa shape index (κ2) is 6.37. The zero-order valence-corrected chi connectivity index (χ0v) is 13.6. The lowest BCUT2D eigenvalue weighted by molar-refractivity contribution is -0.117. The molecule has 120 valence electrons. The third-order valence-electron chi connectivity index (χ3n) is 4.38. The first kappa shape index (κ1) is 14.8. The number of nitrogens with zero attached hydrogens (tertiary/aromatic N) is 2. The molecule has 1 aliphatic heterocycles. The molecular formula is C17H19N3O2S. The zero-order valence-electron chi connectivity index (χ0n) is 12.8. The first-order valence-electron chi connectivity index (χ1n) is 8.05. The number of hydrogen-bond acceptors (Lipinski definition) is 5. The monoisotopic (exact) mass is 329 g/mol. The Hall–Kier alpha value is -1.79. The third kappa shape index (κ3) is 3.59. The van der Waals surface area contributed by atoms with E-state index in [2.05, 4.69) is 27.6 Å². The molecule has 0 bridgehead atoms. The lowest BCUT2D eigenvalue weighted by atomic mass is 9.90. The first-order valence-corrected chi connectivity index (χ1v) is 8.87. The van der Waals surface area contributed by atoms with Gasteiger partial charge < -0.3 is 10.1 Å². The van der Waals surface area contributed by atoms with Gasteiger partial charge in [-0.25, -0.2) is 0 Å². The van der Waals surface area contributed by atoms with Crippen molar-refractivity contribution in [1.82, 2.24) is 10.2 Å². The van der Waals surface area contributed by atoms with E-state index in [0.29, 0.717) is 24.8 Å². The number of aromatic nitrogens is 2. The lowest BCUT2D eigenvalue weighted by Gasteiger charge is -2.25. The molecule has 2 heterocycles. The molecule has 23 heavy (non-hydrogen) atoms. The number of amides is 1. The van der Waals surface area contributed by atoms with Crippen LogP contribution in [0.3, 0.4) is 0 Å². The number of nitrogens with one attached hydrogen (secondary N) is 1. The highest BCUT2D eigenvalue weighted by molar-refractivity contribution is 7.15. The summed E-state index contributed by atoms with van der Waals surface area (Å²) in [4.78, 5) is 12.3. The zero-order chi connectivity index (χ0) is 15.6. The summed E-state index contributed by atoms with van der Waals surface area (Å²) in [5, 5.41) is 12.8. The molecule has 5 nitrogen and oxygen atoms in total. The van der Waals surface area contributed by atoms with Crippen LogP contribution in [0.1, 0.15) is 41.3 Å². The SMILES string of the molecule is O=C(CC1COCc2ccccc21)Nc1nnc(CC2CC2)s1. The Labute approximate surface area is 139 Å². The van der Waals surface area contributed by atoms with E-state index in [1.54, 1.807) is 0 Å². The van der Waals surface area contributed by atoms with Gasteiger partial charge in [0.05, 0.1) is 13.2 Å². The maximum Gasteiger partial charge on any atom is 0.226 e. The molecule has 1 N–H and O–H groups in total. The Kier molecular flexibility index (Phi) is 4.10. The summed E-state index contributed by atoms with van der Waals surface area (Å²) in [7, 11) is 0. The van der Waals surface area contributed by atoms with Gasteiger partial charge in [-0.05, 0) is 29.9 Å². The topological polar surface area (TPSA) is 64.1 Å². The minimum atomic E-state index is -0.0237. The molecule has 0 radical (unpaired) electrons. The van der Waals surface area contributed by atoms with Gasteiger partial charge in [-0.1, -0.05) is 35.6 Å². The van der Waals surface area contributed by atoms with Gasteiger partial charge in [0.25, 0.3) is 0 Å². The molecule has 6 heteroatoms. The van der Waals surface area contributed by atoms with Gasteiger partial charge in [0.15, 0.2) is 0 Å². The van der Waals surface area contributed by atoms with E-state index >= 15 is 0 Å². The molecule has 1 unspecified atom stereocenters. The van der Waals surface area contributed by atoms with E-state index < -0.39 is 0 Å². The van der Waals surface area contributed by atoms with Gasteiger partial charge in [0, 0.05) is 18.8 Å². The van der Waals surface area contributed by atoms with E-state index in [4.69, 9.17) is 4.74 Å². The minimum absolute atomic E-state index is 0.0237. The molecule has 1 aliphatic carbocycles. The summed E-state index contributed by atoms with van der Waals surface area (Å²) in [5.74, 6) is 0.866. The molecule has 1 amide bonds. The second-order valence-electron chi connectivity index (χ2n) is 6.31. The van der Waals surface area contributed by atoms with Crippen LogP contribution in [0.15, 0.2) is 24.3 Å². The van der Waals surface area contributed by atoms with Crippen molar-refractivity contribution in [2.24, 2.45) is 5.92 Å². The highest BCUT2D eigenvalue weighted by atomic mass is 32.1. The maximum absolute atomic E-state index is 12.3. The number of anilines is 1. The highest BCUT2D eigenvalue weighted by Crippen LogP contribution is 2.34. The maximum atomic E-state index is 12.3. The van der Waals surface area contributed by atoms with Crippen molar-refractivity contribution in [1.29, 1.82) is 0 Å². The van der Waals surface area contributed by atoms with E-state index in [9.17, 15) is 4.79 Å². The molecular weight excluding hydrogens is 310 g/mol. The molecule has 1 aromatic carbocycles. The smallest absolute Gasteiger partial charge is 0.226 e. The van der Waals surface area contributed by atoms with Crippen molar-refractivity contribution >= 4 is 22.4 Å². The van der Waals surface area contributed by atoms with Crippen molar-refractivity contribution in [3.05, 3.63) is 40.4 Å². The normalized spacial score (nSPS) is 20.1. The number of ether oxygens (including phenoxy) is 1. The quantitative estimate of drug-likeness (QED) is 0.915. The van der Waals surface area contributed by atoms with Crippen molar-refractivity contribution < 1.29 is 9.53 Å². The molecule has 1 aromatic heterocycles. The van der Waals surface area contributed by atoms with E-state index in [0.717, 1.165) is 17.3 Å². The van der Waals surface area contributed by atoms with Crippen LogP contribution in [-0.4, -0.2) is 22.7 Å². The number of carbonyl (C=O) groups excluding carboxylic acids is 1. The van der Waals surface area contributed by atoms with Crippen LogP contribution in [0.5, 0.6) is 0 Å². The summed E-state index contributed by atoms with van der Waals surface area (Å²) in [6.45, 7) is 1.22. The van der Waals surface area contributed by atoms with Gasteiger partial charge in [-0.3, -0.25) is 4.79 Å². The summed E-state index contributed by atoms with van der Waals surface area (Å²) in [5.41, 5.74) is 2.40. The summed E-state index contributed by atoms with van der Waals surface area (Å²) in [6, 6.07) is 8.18. The van der Waals surface area contributed by atoms with E-state index in [-0.39, 0.29) is 11.8 Å². The molecule has 0 saturated heterocycles. The Morgan fingerprint density at radius 1 is 1.30 bits per heavy atom. The average molecular weight is 329 g/mol. The fourth-order valence-corrected chi connectivity index (χ4v) is 3.85. The fourth-order valence-electron chi connectivity index (χ4n) is 2.98.